The lowest BCUT2D eigenvalue weighted by molar-refractivity contribution is 0.201. The van der Waals surface area contributed by atoms with Gasteiger partial charge in [0.05, 0.1) is 5.75 Å². The SMILES string of the molecule is CC(C)C1CCC(C(N)CCS(C)(=O)=O)CC1. The van der Waals surface area contributed by atoms with Gasteiger partial charge in [-0.1, -0.05) is 13.8 Å². The minimum atomic E-state index is -2.86. The monoisotopic (exact) mass is 261 g/mol. The number of hydrogen-bond donors (Lipinski definition) is 1. The maximum absolute atomic E-state index is 11.1. The maximum atomic E-state index is 11.1. The van der Waals surface area contributed by atoms with Crippen LogP contribution in [0.5, 0.6) is 0 Å². The molecule has 0 heterocycles. The largest absolute Gasteiger partial charge is 0.327 e. The number of hydrogen-bond acceptors (Lipinski definition) is 3. The molecule has 0 aromatic rings. The van der Waals surface area contributed by atoms with E-state index in [4.69, 9.17) is 5.73 Å². The maximum Gasteiger partial charge on any atom is 0.147 e. The first kappa shape index (κ1) is 15.0. The van der Waals surface area contributed by atoms with Crippen molar-refractivity contribution in [3.05, 3.63) is 0 Å². The van der Waals surface area contributed by atoms with Gasteiger partial charge in [0.1, 0.15) is 9.84 Å². The summed E-state index contributed by atoms with van der Waals surface area (Å²) in [7, 11) is -2.86. The minimum absolute atomic E-state index is 0.0674. The van der Waals surface area contributed by atoms with Gasteiger partial charge < -0.3 is 5.73 Å². The van der Waals surface area contributed by atoms with Crippen LogP contribution < -0.4 is 5.73 Å². The Morgan fingerprint density at radius 1 is 1.12 bits per heavy atom. The van der Waals surface area contributed by atoms with E-state index in [0.29, 0.717) is 12.3 Å². The van der Waals surface area contributed by atoms with E-state index in [2.05, 4.69) is 13.8 Å². The molecule has 0 aromatic heterocycles. The van der Waals surface area contributed by atoms with Crippen molar-refractivity contribution < 1.29 is 8.42 Å². The van der Waals surface area contributed by atoms with Gasteiger partial charge in [-0.3, -0.25) is 0 Å². The van der Waals surface area contributed by atoms with Crippen LogP contribution in [0.15, 0.2) is 0 Å². The Bertz CT molecular complexity index is 316. The zero-order valence-corrected chi connectivity index (χ0v) is 12.2. The van der Waals surface area contributed by atoms with E-state index in [9.17, 15) is 8.42 Å². The zero-order valence-electron chi connectivity index (χ0n) is 11.4. The summed E-state index contributed by atoms with van der Waals surface area (Å²) in [6, 6.07) is 0.0674. The lowest BCUT2D eigenvalue weighted by Gasteiger charge is -2.33. The first-order valence-electron chi connectivity index (χ1n) is 6.73. The third-order valence-corrected chi connectivity index (χ3v) is 5.16. The summed E-state index contributed by atoms with van der Waals surface area (Å²) < 4.78 is 22.2. The van der Waals surface area contributed by atoms with Gasteiger partial charge in [0.2, 0.25) is 0 Å². The third kappa shape index (κ3) is 5.38. The quantitative estimate of drug-likeness (QED) is 0.825. The van der Waals surface area contributed by atoms with Crippen molar-refractivity contribution in [2.75, 3.05) is 12.0 Å². The van der Waals surface area contributed by atoms with Crippen LogP contribution in [-0.4, -0.2) is 26.5 Å². The molecule has 1 rings (SSSR count). The van der Waals surface area contributed by atoms with E-state index < -0.39 is 9.84 Å². The highest BCUT2D eigenvalue weighted by molar-refractivity contribution is 7.90. The molecule has 0 aliphatic heterocycles. The van der Waals surface area contributed by atoms with Crippen LogP contribution in [0.25, 0.3) is 0 Å². The zero-order chi connectivity index (χ0) is 13.1. The van der Waals surface area contributed by atoms with Gasteiger partial charge in [0.25, 0.3) is 0 Å². The predicted octanol–water partition coefficient (Wildman–Crippen LogP) is 2.21. The lowest BCUT2D eigenvalue weighted by Crippen LogP contribution is -2.35. The molecule has 3 nitrogen and oxygen atoms in total. The van der Waals surface area contributed by atoms with Crippen LogP contribution in [0.1, 0.15) is 46.0 Å². The molecule has 0 saturated heterocycles. The van der Waals surface area contributed by atoms with Gasteiger partial charge in [0, 0.05) is 12.3 Å². The second-order valence-electron chi connectivity index (χ2n) is 6.00. The van der Waals surface area contributed by atoms with E-state index in [1.54, 1.807) is 0 Å². The van der Waals surface area contributed by atoms with Crippen molar-refractivity contribution in [3.63, 3.8) is 0 Å². The molecule has 1 saturated carbocycles. The van der Waals surface area contributed by atoms with Crippen LogP contribution in [-0.2, 0) is 9.84 Å². The fourth-order valence-electron chi connectivity index (χ4n) is 2.83. The molecule has 1 aliphatic carbocycles. The summed E-state index contributed by atoms with van der Waals surface area (Å²) in [5.41, 5.74) is 6.11. The molecule has 102 valence electrons. The number of sulfone groups is 1. The van der Waals surface area contributed by atoms with Gasteiger partial charge in [-0.15, -0.1) is 0 Å². The molecule has 1 unspecified atom stereocenters. The van der Waals surface area contributed by atoms with Crippen LogP contribution in [0.2, 0.25) is 0 Å². The Labute approximate surface area is 106 Å². The molecule has 0 spiro atoms. The topological polar surface area (TPSA) is 60.2 Å². The lowest BCUT2D eigenvalue weighted by atomic mass is 9.74. The van der Waals surface area contributed by atoms with Crippen molar-refractivity contribution in [2.24, 2.45) is 23.5 Å². The molecule has 0 radical (unpaired) electrons. The van der Waals surface area contributed by atoms with Gasteiger partial charge in [-0.05, 0) is 49.9 Å². The molecule has 4 heteroatoms. The molecule has 1 atom stereocenters. The fourth-order valence-corrected chi connectivity index (χ4v) is 3.53. The molecule has 17 heavy (non-hydrogen) atoms. The van der Waals surface area contributed by atoms with Crippen LogP contribution in [0.4, 0.5) is 0 Å². The summed E-state index contributed by atoms with van der Waals surface area (Å²) in [5, 5.41) is 0. The Kier molecular flexibility index (Phi) is 5.45. The molecular formula is C13H27NO2S. The van der Waals surface area contributed by atoms with Crippen LogP contribution >= 0.6 is 0 Å². The first-order chi connectivity index (χ1) is 7.79. The summed E-state index contributed by atoms with van der Waals surface area (Å²) in [6.45, 7) is 4.57. The molecule has 0 amide bonds. The van der Waals surface area contributed by atoms with Crippen LogP contribution in [0, 0.1) is 17.8 Å². The average Bonchev–Trinajstić information content (AvgIpc) is 2.25. The summed E-state index contributed by atoms with van der Waals surface area (Å²) >= 11 is 0. The van der Waals surface area contributed by atoms with Gasteiger partial charge in [-0.2, -0.15) is 0 Å². The van der Waals surface area contributed by atoms with Crippen molar-refractivity contribution in [2.45, 2.75) is 52.0 Å². The standard InChI is InChI=1S/C13H27NO2S/c1-10(2)11-4-6-12(7-5-11)13(14)8-9-17(3,15)16/h10-13H,4-9,14H2,1-3H3. The second-order valence-corrected chi connectivity index (χ2v) is 8.26. The molecule has 1 aliphatic rings. The third-order valence-electron chi connectivity index (χ3n) is 4.19. The number of rotatable bonds is 5. The molecule has 0 aromatic carbocycles. The molecule has 1 fully saturated rings. The normalized spacial score (nSPS) is 28.3. The fraction of sp³-hybridized carbons (Fsp3) is 1.00. The second kappa shape index (κ2) is 6.19. The highest BCUT2D eigenvalue weighted by Gasteiger charge is 2.27. The van der Waals surface area contributed by atoms with Gasteiger partial charge >= 0.3 is 0 Å². The van der Waals surface area contributed by atoms with Crippen molar-refractivity contribution in [1.29, 1.82) is 0 Å². The Morgan fingerprint density at radius 2 is 1.59 bits per heavy atom. The highest BCUT2D eigenvalue weighted by atomic mass is 32.2. The molecule has 2 N–H and O–H groups in total. The smallest absolute Gasteiger partial charge is 0.147 e. The van der Waals surface area contributed by atoms with Gasteiger partial charge in [-0.25, -0.2) is 8.42 Å². The average molecular weight is 261 g/mol. The van der Waals surface area contributed by atoms with Crippen LogP contribution in [0.3, 0.4) is 0 Å². The predicted molar refractivity (Wildman–Crippen MR) is 72.6 cm³/mol. The van der Waals surface area contributed by atoms with Crippen molar-refractivity contribution in [3.8, 4) is 0 Å². The molecular weight excluding hydrogens is 234 g/mol. The van der Waals surface area contributed by atoms with E-state index in [0.717, 1.165) is 11.8 Å². The van der Waals surface area contributed by atoms with Gasteiger partial charge in [0.15, 0.2) is 0 Å². The minimum Gasteiger partial charge on any atom is -0.327 e. The Morgan fingerprint density at radius 3 is 2.00 bits per heavy atom. The Balaban J connectivity index is 2.33. The van der Waals surface area contributed by atoms with E-state index in [-0.39, 0.29) is 11.8 Å². The van der Waals surface area contributed by atoms with E-state index >= 15 is 0 Å². The molecule has 0 bridgehead atoms. The Hall–Kier alpha value is -0.0900. The van der Waals surface area contributed by atoms with E-state index in [1.165, 1.54) is 31.9 Å². The van der Waals surface area contributed by atoms with Crippen molar-refractivity contribution in [1.82, 2.24) is 0 Å². The highest BCUT2D eigenvalue weighted by Crippen LogP contribution is 2.34. The first-order valence-corrected chi connectivity index (χ1v) is 8.79. The summed E-state index contributed by atoms with van der Waals surface area (Å²) in [4.78, 5) is 0. The van der Waals surface area contributed by atoms with E-state index in [1.807, 2.05) is 0 Å². The summed E-state index contributed by atoms with van der Waals surface area (Å²) in [6.07, 6.45) is 6.77. The summed E-state index contributed by atoms with van der Waals surface area (Å²) in [5.74, 6) is 2.38. The van der Waals surface area contributed by atoms with Crippen molar-refractivity contribution >= 4 is 9.84 Å². The number of nitrogens with two attached hydrogens (primary N) is 1.